The summed E-state index contributed by atoms with van der Waals surface area (Å²) < 4.78 is 35.2. The van der Waals surface area contributed by atoms with Crippen LogP contribution in [0.2, 0.25) is 0 Å². The van der Waals surface area contributed by atoms with E-state index in [4.69, 9.17) is 28.4 Å². The highest BCUT2D eigenvalue weighted by molar-refractivity contribution is 5.71. The fourth-order valence-corrected chi connectivity index (χ4v) is 3.72. The van der Waals surface area contributed by atoms with E-state index in [-0.39, 0.29) is 30.4 Å². The van der Waals surface area contributed by atoms with E-state index in [9.17, 15) is 4.79 Å². The molecule has 0 aromatic heterocycles. The zero-order valence-corrected chi connectivity index (χ0v) is 13.2. The first-order valence-electron chi connectivity index (χ1n) is 7.80. The molecule has 6 atom stereocenters. The molecule has 0 aromatic rings. The molecule has 0 N–H and O–H groups in total. The summed E-state index contributed by atoms with van der Waals surface area (Å²) in [4.78, 5) is 11.4. The number of ether oxygens (including phenoxy) is 6. The van der Waals surface area contributed by atoms with Gasteiger partial charge >= 0.3 is 5.97 Å². The molecule has 0 spiro atoms. The van der Waals surface area contributed by atoms with Crippen LogP contribution in [0.4, 0.5) is 0 Å². The van der Waals surface area contributed by atoms with E-state index in [1.807, 2.05) is 27.7 Å². The smallest absolute Gasteiger partial charge is 0.306 e. The molecule has 4 aliphatic rings. The minimum atomic E-state index is -0.739. The normalized spacial score (nSPS) is 48.8. The van der Waals surface area contributed by atoms with Crippen LogP contribution >= 0.6 is 0 Å². The van der Waals surface area contributed by atoms with E-state index >= 15 is 0 Å². The second-order valence-corrected chi connectivity index (χ2v) is 7.20. The van der Waals surface area contributed by atoms with Crippen LogP contribution in [0.3, 0.4) is 0 Å². The Hall–Kier alpha value is -0.730. The predicted octanol–water partition coefficient (Wildman–Crippen LogP) is 1.09. The van der Waals surface area contributed by atoms with Crippen molar-refractivity contribution in [2.45, 2.75) is 88.9 Å². The monoisotopic (exact) mass is 314 g/mol. The summed E-state index contributed by atoms with van der Waals surface area (Å²) in [5, 5.41) is 0. The average molecular weight is 314 g/mol. The minimum absolute atomic E-state index is 0.200. The first-order valence-corrected chi connectivity index (χ1v) is 7.80. The van der Waals surface area contributed by atoms with Crippen molar-refractivity contribution in [1.29, 1.82) is 0 Å². The van der Waals surface area contributed by atoms with Crippen molar-refractivity contribution in [3.63, 3.8) is 0 Å². The third-order valence-electron chi connectivity index (χ3n) is 4.47. The van der Waals surface area contributed by atoms with Gasteiger partial charge in [0, 0.05) is 6.42 Å². The van der Waals surface area contributed by atoms with Crippen LogP contribution in [-0.2, 0) is 33.2 Å². The molecule has 4 unspecified atom stereocenters. The number of hydrogen-bond acceptors (Lipinski definition) is 7. The quantitative estimate of drug-likeness (QED) is 0.671. The summed E-state index contributed by atoms with van der Waals surface area (Å²) >= 11 is 0. The molecule has 0 saturated carbocycles. The Morgan fingerprint density at radius 3 is 2.09 bits per heavy atom. The Morgan fingerprint density at radius 2 is 1.45 bits per heavy atom. The lowest BCUT2D eigenvalue weighted by Crippen LogP contribution is -2.58. The summed E-state index contributed by atoms with van der Waals surface area (Å²) in [5.74, 6) is -1.67. The SMILES string of the molecule is CC1(C)OC2C3OC(C)(C)O[C@H]3C(C3CCC(=O)O3)O[C@@H]2O1. The largest absolute Gasteiger partial charge is 0.459 e. The van der Waals surface area contributed by atoms with Crippen LogP contribution < -0.4 is 0 Å². The van der Waals surface area contributed by atoms with Gasteiger partial charge in [-0.15, -0.1) is 0 Å². The Morgan fingerprint density at radius 1 is 0.864 bits per heavy atom. The summed E-state index contributed by atoms with van der Waals surface area (Å²) in [5.41, 5.74) is 0. The van der Waals surface area contributed by atoms with Crippen molar-refractivity contribution in [3.05, 3.63) is 0 Å². The fourth-order valence-electron chi connectivity index (χ4n) is 3.72. The minimum Gasteiger partial charge on any atom is -0.459 e. The summed E-state index contributed by atoms with van der Waals surface area (Å²) in [6.45, 7) is 7.41. The van der Waals surface area contributed by atoms with Gasteiger partial charge in [0.15, 0.2) is 17.9 Å². The van der Waals surface area contributed by atoms with Crippen LogP contribution in [0, 0.1) is 0 Å². The van der Waals surface area contributed by atoms with E-state index in [1.165, 1.54) is 0 Å². The molecule has 4 saturated heterocycles. The molecule has 7 heteroatoms. The number of rotatable bonds is 1. The summed E-state index contributed by atoms with van der Waals surface area (Å²) in [6, 6.07) is 0. The van der Waals surface area contributed by atoms with Crippen molar-refractivity contribution in [3.8, 4) is 0 Å². The first-order chi connectivity index (χ1) is 10.2. The fraction of sp³-hybridized carbons (Fsp3) is 0.933. The van der Waals surface area contributed by atoms with E-state index in [2.05, 4.69) is 0 Å². The highest BCUT2D eigenvalue weighted by atomic mass is 16.9. The van der Waals surface area contributed by atoms with E-state index in [0.29, 0.717) is 12.8 Å². The molecule has 4 fully saturated rings. The third kappa shape index (κ3) is 2.35. The highest BCUT2D eigenvalue weighted by Crippen LogP contribution is 2.45. The van der Waals surface area contributed by atoms with Crippen molar-refractivity contribution in [2.75, 3.05) is 0 Å². The van der Waals surface area contributed by atoms with E-state index < -0.39 is 24.0 Å². The Labute approximate surface area is 129 Å². The standard InChI is InChI=1S/C15H22O7/c1-14(2)19-10-9(7-5-6-8(16)17-7)18-13-12(11(10)20-14)21-15(3,4)22-13/h7,9-13H,5-6H2,1-4H3/t7?,9?,10-,11?,12?,13+/m0/s1. The second-order valence-electron chi connectivity index (χ2n) is 7.20. The van der Waals surface area contributed by atoms with Gasteiger partial charge in [-0.05, 0) is 34.1 Å². The number of carbonyl (C=O) groups excluding carboxylic acids is 1. The van der Waals surface area contributed by atoms with Crippen LogP contribution in [0.1, 0.15) is 40.5 Å². The van der Waals surface area contributed by atoms with Crippen LogP contribution in [0.25, 0.3) is 0 Å². The number of hydrogen-bond donors (Lipinski definition) is 0. The Balaban J connectivity index is 1.62. The van der Waals surface area contributed by atoms with Crippen molar-refractivity contribution < 1.29 is 33.2 Å². The molecule has 22 heavy (non-hydrogen) atoms. The molecule has 124 valence electrons. The second kappa shape index (κ2) is 4.64. The highest BCUT2D eigenvalue weighted by Gasteiger charge is 2.62. The van der Waals surface area contributed by atoms with Crippen molar-refractivity contribution >= 4 is 5.97 Å². The van der Waals surface area contributed by atoms with Crippen LogP contribution in [0.5, 0.6) is 0 Å². The number of fused-ring (bicyclic) bond motifs is 3. The van der Waals surface area contributed by atoms with Crippen molar-refractivity contribution in [2.24, 2.45) is 0 Å². The Kier molecular flexibility index (Phi) is 3.13. The van der Waals surface area contributed by atoms with Crippen molar-refractivity contribution in [1.82, 2.24) is 0 Å². The van der Waals surface area contributed by atoms with Gasteiger partial charge in [-0.3, -0.25) is 4.79 Å². The van der Waals surface area contributed by atoms with Gasteiger partial charge in [0.1, 0.15) is 30.5 Å². The molecule has 4 heterocycles. The average Bonchev–Trinajstić information content (AvgIpc) is 3.02. The number of carbonyl (C=O) groups is 1. The lowest BCUT2D eigenvalue weighted by atomic mass is 9.94. The molecule has 4 rings (SSSR count). The van der Waals surface area contributed by atoms with Gasteiger partial charge in [0.2, 0.25) is 0 Å². The van der Waals surface area contributed by atoms with Gasteiger partial charge < -0.3 is 28.4 Å². The van der Waals surface area contributed by atoms with Gasteiger partial charge in [0.25, 0.3) is 0 Å². The number of cyclic esters (lactones) is 1. The van der Waals surface area contributed by atoms with Crippen LogP contribution in [0.15, 0.2) is 0 Å². The maximum atomic E-state index is 11.4. The molecule has 0 amide bonds. The number of esters is 1. The van der Waals surface area contributed by atoms with Gasteiger partial charge in [-0.1, -0.05) is 0 Å². The maximum Gasteiger partial charge on any atom is 0.306 e. The summed E-state index contributed by atoms with van der Waals surface area (Å²) in [6.07, 6.45) is -1.25. The molecular formula is C15H22O7. The van der Waals surface area contributed by atoms with Gasteiger partial charge in [0.05, 0.1) is 0 Å². The van der Waals surface area contributed by atoms with Gasteiger partial charge in [-0.2, -0.15) is 0 Å². The molecule has 0 radical (unpaired) electrons. The maximum absolute atomic E-state index is 11.4. The molecule has 0 bridgehead atoms. The Bertz CT molecular complexity index is 488. The molecule has 7 nitrogen and oxygen atoms in total. The first kappa shape index (κ1) is 14.8. The zero-order valence-electron chi connectivity index (χ0n) is 13.2. The molecular weight excluding hydrogens is 292 g/mol. The predicted molar refractivity (Wildman–Crippen MR) is 71.6 cm³/mol. The van der Waals surface area contributed by atoms with E-state index in [0.717, 1.165) is 0 Å². The topological polar surface area (TPSA) is 72.5 Å². The molecule has 0 aliphatic carbocycles. The summed E-state index contributed by atoms with van der Waals surface area (Å²) in [7, 11) is 0. The van der Waals surface area contributed by atoms with Crippen LogP contribution in [-0.4, -0.2) is 54.4 Å². The van der Waals surface area contributed by atoms with Gasteiger partial charge in [-0.25, -0.2) is 0 Å². The molecule has 4 aliphatic heterocycles. The lowest BCUT2D eigenvalue weighted by molar-refractivity contribution is -0.252. The zero-order chi connectivity index (χ0) is 15.7. The van der Waals surface area contributed by atoms with E-state index in [1.54, 1.807) is 0 Å². The molecule has 0 aromatic carbocycles. The lowest BCUT2D eigenvalue weighted by Gasteiger charge is -2.39. The third-order valence-corrected chi connectivity index (χ3v) is 4.47.